The van der Waals surface area contributed by atoms with E-state index in [-0.39, 0.29) is 28.3 Å². The average Bonchev–Trinajstić information content (AvgIpc) is 3.24. The third kappa shape index (κ3) is 4.23. The number of nitrogen functional groups attached to an aromatic ring is 1. The van der Waals surface area contributed by atoms with E-state index in [9.17, 15) is 8.42 Å². The summed E-state index contributed by atoms with van der Waals surface area (Å²) in [6, 6.07) is 6.94. The zero-order valence-electron chi connectivity index (χ0n) is 17.4. The molecule has 0 bridgehead atoms. The average molecular weight is 444 g/mol. The van der Waals surface area contributed by atoms with Gasteiger partial charge in [-0.2, -0.15) is 0 Å². The second-order valence-electron chi connectivity index (χ2n) is 7.85. The van der Waals surface area contributed by atoms with Crippen molar-refractivity contribution >= 4 is 21.7 Å². The van der Waals surface area contributed by atoms with Crippen molar-refractivity contribution in [3.05, 3.63) is 30.5 Å². The lowest BCUT2D eigenvalue weighted by Gasteiger charge is -2.28. The Morgan fingerprint density at radius 1 is 1.19 bits per heavy atom. The summed E-state index contributed by atoms with van der Waals surface area (Å²) in [4.78, 5) is 10.9. The molecule has 1 fully saturated rings. The number of rotatable bonds is 5. The minimum absolute atomic E-state index is 0.0692. The van der Waals surface area contributed by atoms with Gasteiger partial charge in [0.05, 0.1) is 22.0 Å². The fourth-order valence-electron chi connectivity index (χ4n) is 3.41. The van der Waals surface area contributed by atoms with Gasteiger partial charge >= 0.3 is 6.01 Å². The number of hydrogen-bond donors (Lipinski definition) is 2. The highest BCUT2D eigenvalue weighted by Crippen LogP contribution is 2.28. The first-order valence-electron chi connectivity index (χ1n) is 10.1. The first-order chi connectivity index (χ1) is 14.8. The van der Waals surface area contributed by atoms with Crippen LogP contribution in [0.2, 0.25) is 0 Å². The van der Waals surface area contributed by atoms with E-state index < -0.39 is 15.1 Å². The largest absolute Gasteiger partial charge is 0.401 e. The Hall–Kier alpha value is -3.05. The second kappa shape index (κ2) is 8.23. The van der Waals surface area contributed by atoms with E-state index in [4.69, 9.17) is 15.9 Å². The van der Waals surface area contributed by atoms with Crippen molar-refractivity contribution in [2.45, 2.75) is 42.9 Å². The number of hydrogen-bond acceptors (Lipinski definition) is 10. The standard InChI is InChI=1S/C20H25N7O3S/c1-12(2)31(28,29)15-7-5-13(6-8-15)16-10-23-18(22)17(24-16)19-25-26-20(30-19)27-9-3-4-14(21)11-27/h5-8,10,12,14H,3-4,9,11,21H2,1-2H3,(H2,22,23). The van der Waals surface area contributed by atoms with Gasteiger partial charge in [0.25, 0.3) is 5.89 Å². The molecule has 1 aromatic carbocycles. The molecule has 164 valence electrons. The van der Waals surface area contributed by atoms with Crippen molar-refractivity contribution < 1.29 is 12.8 Å². The number of benzene rings is 1. The van der Waals surface area contributed by atoms with Crippen molar-refractivity contribution in [1.29, 1.82) is 0 Å². The molecule has 1 unspecified atom stereocenters. The third-order valence-electron chi connectivity index (χ3n) is 5.25. The highest BCUT2D eigenvalue weighted by Gasteiger charge is 2.24. The minimum Gasteiger partial charge on any atom is -0.401 e. The van der Waals surface area contributed by atoms with Gasteiger partial charge in [-0.25, -0.2) is 18.4 Å². The molecular weight excluding hydrogens is 418 g/mol. The molecule has 2 aromatic heterocycles. The van der Waals surface area contributed by atoms with Gasteiger partial charge in [-0.1, -0.05) is 17.2 Å². The van der Waals surface area contributed by atoms with Gasteiger partial charge in [0, 0.05) is 24.7 Å². The summed E-state index contributed by atoms with van der Waals surface area (Å²) in [7, 11) is -3.35. The van der Waals surface area contributed by atoms with Crippen LogP contribution >= 0.6 is 0 Å². The highest BCUT2D eigenvalue weighted by molar-refractivity contribution is 7.92. The quantitative estimate of drug-likeness (QED) is 0.597. The van der Waals surface area contributed by atoms with Crippen LogP contribution in [0.15, 0.2) is 39.8 Å². The van der Waals surface area contributed by atoms with Gasteiger partial charge < -0.3 is 20.8 Å². The van der Waals surface area contributed by atoms with Gasteiger partial charge in [-0.15, -0.1) is 5.10 Å². The summed E-state index contributed by atoms with van der Waals surface area (Å²) in [6.07, 6.45) is 3.44. The fraction of sp³-hybridized carbons (Fsp3) is 0.400. The maximum atomic E-state index is 12.3. The molecule has 3 aromatic rings. The van der Waals surface area contributed by atoms with Crippen LogP contribution in [0, 0.1) is 0 Å². The van der Waals surface area contributed by atoms with E-state index in [1.807, 2.05) is 4.90 Å². The van der Waals surface area contributed by atoms with Gasteiger partial charge in [0.1, 0.15) is 0 Å². The lowest BCUT2D eigenvalue weighted by molar-refractivity contribution is 0.461. The van der Waals surface area contributed by atoms with Crippen LogP contribution < -0.4 is 16.4 Å². The van der Waals surface area contributed by atoms with Crippen LogP contribution in [0.1, 0.15) is 26.7 Å². The SMILES string of the molecule is CC(C)S(=O)(=O)c1ccc(-c2cnc(N)c(-c3nnc(N4CCCC(N)C4)o3)n2)cc1. The summed E-state index contributed by atoms with van der Waals surface area (Å²) in [5.41, 5.74) is 13.5. The predicted octanol–water partition coefficient (Wildman–Crippen LogP) is 1.89. The first-order valence-corrected chi connectivity index (χ1v) is 11.6. The van der Waals surface area contributed by atoms with Crippen LogP contribution in [-0.2, 0) is 9.84 Å². The summed E-state index contributed by atoms with van der Waals surface area (Å²) >= 11 is 0. The molecule has 1 atom stereocenters. The maximum absolute atomic E-state index is 12.3. The Kier molecular flexibility index (Phi) is 5.63. The lowest BCUT2D eigenvalue weighted by atomic mass is 10.1. The molecule has 1 saturated heterocycles. The zero-order valence-corrected chi connectivity index (χ0v) is 18.2. The smallest absolute Gasteiger partial charge is 0.318 e. The molecule has 31 heavy (non-hydrogen) atoms. The maximum Gasteiger partial charge on any atom is 0.318 e. The Morgan fingerprint density at radius 3 is 2.61 bits per heavy atom. The zero-order chi connectivity index (χ0) is 22.2. The van der Waals surface area contributed by atoms with Crippen LogP contribution in [0.5, 0.6) is 0 Å². The summed E-state index contributed by atoms with van der Waals surface area (Å²) in [5.74, 6) is 0.327. The molecule has 11 heteroatoms. The van der Waals surface area contributed by atoms with Crippen molar-refractivity contribution in [2.24, 2.45) is 5.73 Å². The van der Waals surface area contributed by atoms with E-state index in [0.29, 0.717) is 23.8 Å². The van der Waals surface area contributed by atoms with Gasteiger partial charge in [-0.3, -0.25) is 0 Å². The normalized spacial score (nSPS) is 17.3. The first kappa shape index (κ1) is 21.2. The Labute approximate surface area is 180 Å². The van der Waals surface area contributed by atoms with E-state index in [1.165, 1.54) is 6.20 Å². The van der Waals surface area contributed by atoms with Crippen molar-refractivity contribution in [3.63, 3.8) is 0 Å². The second-order valence-corrected chi connectivity index (χ2v) is 10.3. The van der Waals surface area contributed by atoms with Crippen molar-refractivity contribution in [2.75, 3.05) is 23.7 Å². The number of nitrogens with two attached hydrogens (primary N) is 2. The molecule has 4 N–H and O–H groups in total. The lowest BCUT2D eigenvalue weighted by Crippen LogP contribution is -2.43. The van der Waals surface area contributed by atoms with Crippen LogP contribution in [0.3, 0.4) is 0 Å². The van der Waals surface area contributed by atoms with Crippen molar-refractivity contribution in [3.8, 4) is 22.8 Å². The van der Waals surface area contributed by atoms with E-state index in [0.717, 1.165) is 19.4 Å². The number of anilines is 2. The van der Waals surface area contributed by atoms with E-state index in [1.54, 1.807) is 38.1 Å². The molecule has 4 rings (SSSR count). The van der Waals surface area contributed by atoms with Gasteiger partial charge in [-0.05, 0) is 38.8 Å². The van der Waals surface area contributed by atoms with Gasteiger partial charge in [0.2, 0.25) is 0 Å². The highest BCUT2D eigenvalue weighted by atomic mass is 32.2. The molecule has 0 amide bonds. The molecule has 10 nitrogen and oxygen atoms in total. The van der Waals surface area contributed by atoms with Crippen LogP contribution in [0.25, 0.3) is 22.8 Å². The molecule has 1 aliphatic rings. The van der Waals surface area contributed by atoms with Crippen LogP contribution in [-0.4, -0.2) is 53.0 Å². The molecule has 0 radical (unpaired) electrons. The van der Waals surface area contributed by atoms with Gasteiger partial charge in [0.15, 0.2) is 21.3 Å². The predicted molar refractivity (Wildman–Crippen MR) is 117 cm³/mol. The van der Waals surface area contributed by atoms with Crippen LogP contribution in [0.4, 0.5) is 11.8 Å². The Bertz CT molecular complexity index is 1180. The Balaban J connectivity index is 1.62. The summed E-state index contributed by atoms with van der Waals surface area (Å²) in [6.45, 7) is 4.74. The number of piperidine rings is 1. The number of nitrogens with zero attached hydrogens (tertiary/aromatic N) is 5. The fourth-order valence-corrected chi connectivity index (χ4v) is 4.46. The summed E-state index contributed by atoms with van der Waals surface area (Å²) in [5, 5.41) is 7.70. The Morgan fingerprint density at radius 2 is 1.94 bits per heavy atom. The molecule has 0 aliphatic carbocycles. The monoisotopic (exact) mass is 443 g/mol. The minimum atomic E-state index is -3.35. The van der Waals surface area contributed by atoms with Crippen molar-refractivity contribution in [1.82, 2.24) is 20.2 Å². The molecular formula is C20H25N7O3S. The molecule has 1 aliphatic heterocycles. The molecule has 0 spiro atoms. The number of aromatic nitrogens is 4. The number of sulfone groups is 1. The topological polar surface area (TPSA) is 154 Å². The third-order valence-corrected chi connectivity index (χ3v) is 7.42. The summed E-state index contributed by atoms with van der Waals surface area (Å²) < 4.78 is 30.5. The molecule has 0 saturated carbocycles. The van der Waals surface area contributed by atoms with E-state index in [2.05, 4.69) is 20.2 Å². The van der Waals surface area contributed by atoms with E-state index >= 15 is 0 Å². The molecule has 3 heterocycles.